The van der Waals surface area contributed by atoms with Crippen LogP contribution in [0.25, 0.3) is 0 Å². The molecule has 2 unspecified atom stereocenters. The van der Waals surface area contributed by atoms with Crippen LogP contribution in [0.2, 0.25) is 0 Å². The number of halogens is 1. The van der Waals surface area contributed by atoms with Crippen LogP contribution in [-0.2, 0) is 4.74 Å². The molecule has 0 aliphatic heterocycles. The smallest absolute Gasteiger partial charge is 0.450 e. The molecule has 0 aromatic heterocycles. The normalized spacial score (nSPS) is 15.4. The van der Waals surface area contributed by atoms with Crippen LogP contribution in [0.5, 0.6) is 0 Å². The lowest BCUT2D eigenvalue weighted by molar-refractivity contribution is 0.0398. The fourth-order valence-corrected chi connectivity index (χ4v) is 0.446. The lowest BCUT2D eigenvalue weighted by atomic mass is 10.2. The summed E-state index contributed by atoms with van der Waals surface area (Å²) in [7, 11) is 0. The summed E-state index contributed by atoms with van der Waals surface area (Å²) in [6, 6.07) is 0. The van der Waals surface area contributed by atoms with E-state index in [2.05, 4.69) is 11.3 Å². The van der Waals surface area contributed by atoms with Crippen LogP contribution in [0, 0.1) is 0 Å². The number of hydrogen-bond donors (Lipinski definition) is 1. The zero-order chi connectivity index (χ0) is 8.15. The van der Waals surface area contributed by atoms with E-state index >= 15 is 0 Å². The Hall–Kier alpha value is -1.06. The second-order valence-electron chi connectivity index (χ2n) is 1.76. The van der Waals surface area contributed by atoms with Crippen molar-refractivity contribution < 1.29 is 19.0 Å². The molecule has 0 radical (unpaired) electrons. The molecular formula is C6H9FO3. The van der Waals surface area contributed by atoms with E-state index in [0.29, 0.717) is 0 Å². The SMILES string of the molecule is C=CC(OC(=O)O)C(C)F. The van der Waals surface area contributed by atoms with E-state index in [1.54, 1.807) is 0 Å². The maximum absolute atomic E-state index is 12.3. The van der Waals surface area contributed by atoms with Crippen molar-refractivity contribution >= 4 is 6.16 Å². The second-order valence-corrected chi connectivity index (χ2v) is 1.76. The van der Waals surface area contributed by atoms with E-state index in [1.807, 2.05) is 0 Å². The Morgan fingerprint density at radius 1 is 1.90 bits per heavy atom. The third-order valence-corrected chi connectivity index (χ3v) is 0.922. The predicted molar refractivity (Wildman–Crippen MR) is 33.7 cm³/mol. The van der Waals surface area contributed by atoms with Crippen LogP contribution >= 0.6 is 0 Å². The molecule has 0 aromatic carbocycles. The first kappa shape index (κ1) is 8.94. The van der Waals surface area contributed by atoms with Crippen LogP contribution in [0.3, 0.4) is 0 Å². The van der Waals surface area contributed by atoms with Gasteiger partial charge >= 0.3 is 6.16 Å². The van der Waals surface area contributed by atoms with E-state index in [-0.39, 0.29) is 0 Å². The Labute approximate surface area is 58.1 Å². The summed E-state index contributed by atoms with van der Waals surface area (Å²) < 4.78 is 16.4. The fourth-order valence-electron chi connectivity index (χ4n) is 0.446. The Kier molecular flexibility index (Phi) is 3.46. The van der Waals surface area contributed by atoms with Gasteiger partial charge in [-0.05, 0) is 13.0 Å². The molecule has 0 heterocycles. The number of carbonyl (C=O) groups is 1. The molecule has 0 amide bonds. The van der Waals surface area contributed by atoms with E-state index in [9.17, 15) is 9.18 Å². The van der Waals surface area contributed by atoms with Gasteiger partial charge in [0.1, 0.15) is 6.17 Å². The van der Waals surface area contributed by atoms with E-state index in [1.165, 1.54) is 6.92 Å². The average Bonchev–Trinajstić information content (AvgIpc) is 1.81. The minimum Gasteiger partial charge on any atom is -0.450 e. The van der Waals surface area contributed by atoms with Gasteiger partial charge < -0.3 is 9.84 Å². The minimum absolute atomic E-state index is 1.06. The summed E-state index contributed by atoms with van der Waals surface area (Å²) in [5, 5.41) is 8.03. The summed E-state index contributed by atoms with van der Waals surface area (Å²) in [4.78, 5) is 9.84. The van der Waals surface area contributed by atoms with Crippen molar-refractivity contribution in [3.8, 4) is 0 Å². The maximum Gasteiger partial charge on any atom is 0.506 e. The first-order chi connectivity index (χ1) is 4.57. The topological polar surface area (TPSA) is 46.5 Å². The largest absolute Gasteiger partial charge is 0.506 e. The zero-order valence-electron chi connectivity index (χ0n) is 5.58. The fraction of sp³-hybridized carbons (Fsp3) is 0.500. The molecule has 58 valence electrons. The Balaban J connectivity index is 3.83. The molecule has 0 aliphatic carbocycles. The number of alkyl halides is 1. The van der Waals surface area contributed by atoms with Crippen LogP contribution in [0.15, 0.2) is 12.7 Å². The Bertz CT molecular complexity index is 133. The molecule has 2 atom stereocenters. The van der Waals surface area contributed by atoms with Gasteiger partial charge in [0, 0.05) is 0 Å². The van der Waals surface area contributed by atoms with Gasteiger partial charge in [0.2, 0.25) is 0 Å². The lowest BCUT2D eigenvalue weighted by Crippen LogP contribution is -2.22. The average molecular weight is 148 g/mol. The molecule has 4 heteroatoms. The van der Waals surface area contributed by atoms with Gasteiger partial charge in [-0.2, -0.15) is 0 Å². The third kappa shape index (κ3) is 3.06. The molecule has 1 N–H and O–H groups in total. The van der Waals surface area contributed by atoms with E-state index < -0.39 is 18.4 Å². The van der Waals surface area contributed by atoms with Crippen LogP contribution < -0.4 is 0 Å². The first-order valence-electron chi connectivity index (χ1n) is 2.74. The minimum atomic E-state index is -1.49. The molecule has 0 saturated carbocycles. The second kappa shape index (κ2) is 3.87. The van der Waals surface area contributed by atoms with Gasteiger partial charge in [0.05, 0.1) is 0 Å². The van der Waals surface area contributed by atoms with Crippen molar-refractivity contribution in [3.63, 3.8) is 0 Å². The van der Waals surface area contributed by atoms with Crippen molar-refractivity contribution in [1.82, 2.24) is 0 Å². The van der Waals surface area contributed by atoms with Crippen molar-refractivity contribution in [2.45, 2.75) is 19.2 Å². The summed E-state index contributed by atoms with van der Waals surface area (Å²) in [6.45, 7) is 4.41. The number of hydrogen-bond acceptors (Lipinski definition) is 2. The third-order valence-electron chi connectivity index (χ3n) is 0.922. The van der Waals surface area contributed by atoms with Gasteiger partial charge in [0.25, 0.3) is 0 Å². The lowest BCUT2D eigenvalue weighted by Gasteiger charge is -2.11. The Morgan fingerprint density at radius 3 is 2.50 bits per heavy atom. The highest BCUT2D eigenvalue weighted by Crippen LogP contribution is 2.03. The monoisotopic (exact) mass is 148 g/mol. The highest BCUT2D eigenvalue weighted by Gasteiger charge is 2.16. The number of carboxylic acid groups (broad SMARTS) is 1. The quantitative estimate of drug-likeness (QED) is 0.488. The van der Waals surface area contributed by atoms with Crippen molar-refractivity contribution in [2.24, 2.45) is 0 Å². The van der Waals surface area contributed by atoms with Gasteiger partial charge in [-0.15, -0.1) is 0 Å². The predicted octanol–water partition coefficient (Wildman–Crippen LogP) is 1.59. The van der Waals surface area contributed by atoms with Gasteiger partial charge in [-0.25, -0.2) is 9.18 Å². The first-order valence-corrected chi connectivity index (χ1v) is 2.74. The van der Waals surface area contributed by atoms with Gasteiger partial charge in [-0.1, -0.05) is 6.58 Å². The molecule has 0 rings (SSSR count). The van der Waals surface area contributed by atoms with E-state index in [4.69, 9.17) is 5.11 Å². The molecule has 0 fully saturated rings. The Morgan fingerprint density at radius 2 is 2.40 bits per heavy atom. The number of rotatable bonds is 3. The standard InChI is InChI=1S/C6H9FO3/c1-3-5(4(2)7)10-6(8)9/h3-5H,1H2,2H3,(H,8,9). The summed E-state index contributed by atoms with van der Waals surface area (Å²) >= 11 is 0. The highest BCUT2D eigenvalue weighted by molar-refractivity contribution is 5.57. The molecule has 0 bridgehead atoms. The molecule has 0 saturated heterocycles. The zero-order valence-corrected chi connectivity index (χ0v) is 5.58. The number of ether oxygens (including phenoxy) is 1. The molecule has 0 aromatic rings. The molecule has 0 spiro atoms. The molecule has 3 nitrogen and oxygen atoms in total. The van der Waals surface area contributed by atoms with Crippen LogP contribution in [-0.4, -0.2) is 23.5 Å². The summed E-state index contributed by atoms with van der Waals surface area (Å²) in [5.41, 5.74) is 0. The summed E-state index contributed by atoms with van der Waals surface area (Å²) in [5.74, 6) is 0. The van der Waals surface area contributed by atoms with E-state index in [0.717, 1.165) is 6.08 Å². The summed E-state index contributed by atoms with van der Waals surface area (Å²) in [6.07, 6.45) is -2.79. The highest BCUT2D eigenvalue weighted by atomic mass is 19.1. The van der Waals surface area contributed by atoms with Crippen molar-refractivity contribution in [3.05, 3.63) is 12.7 Å². The molecule has 0 aliphatic rings. The maximum atomic E-state index is 12.3. The van der Waals surface area contributed by atoms with Gasteiger partial charge in [-0.3, -0.25) is 0 Å². The van der Waals surface area contributed by atoms with Crippen LogP contribution in [0.1, 0.15) is 6.92 Å². The van der Waals surface area contributed by atoms with Crippen molar-refractivity contribution in [1.29, 1.82) is 0 Å². The van der Waals surface area contributed by atoms with Crippen LogP contribution in [0.4, 0.5) is 9.18 Å². The molecular weight excluding hydrogens is 139 g/mol. The van der Waals surface area contributed by atoms with Crippen molar-refractivity contribution in [2.75, 3.05) is 0 Å². The molecule has 10 heavy (non-hydrogen) atoms. The van der Waals surface area contributed by atoms with Gasteiger partial charge in [0.15, 0.2) is 6.10 Å².